The summed E-state index contributed by atoms with van der Waals surface area (Å²) < 4.78 is 2.12. The van der Waals surface area contributed by atoms with Gasteiger partial charge in [0, 0.05) is 44.8 Å². The second-order valence-electron chi connectivity index (χ2n) is 7.65. The molecular weight excluding hydrogens is 574 g/mol. The van der Waals surface area contributed by atoms with E-state index in [9.17, 15) is 14.4 Å². The molecule has 9 heteroatoms. The Hall–Kier alpha value is -2.00. The fourth-order valence-electron chi connectivity index (χ4n) is 3.66. The van der Waals surface area contributed by atoms with Crippen molar-refractivity contribution in [2.75, 3.05) is 5.43 Å². The number of benzene rings is 2. The van der Waals surface area contributed by atoms with E-state index in [0.717, 1.165) is 51.5 Å². The molecular formula is C24H26Br2ClN3O3. The number of hydrogen-bond acceptors (Lipinski definition) is 5. The number of nitrogens with two attached hydrogens (primary N) is 1. The van der Waals surface area contributed by atoms with Gasteiger partial charge in [0.25, 0.3) is 0 Å². The molecule has 1 saturated carbocycles. The predicted octanol–water partition coefficient (Wildman–Crippen LogP) is 6.30. The molecule has 176 valence electrons. The molecule has 33 heavy (non-hydrogen) atoms. The lowest BCUT2D eigenvalue weighted by molar-refractivity contribution is -0.137. The maximum absolute atomic E-state index is 11.7. The Morgan fingerprint density at radius 2 is 1.33 bits per heavy atom. The van der Waals surface area contributed by atoms with Crippen molar-refractivity contribution >= 4 is 78.2 Å². The number of hydrazine groups is 1. The molecule has 1 heterocycles. The molecule has 0 radical (unpaired) electrons. The van der Waals surface area contributed by atoms with Crippen molar-refractivity contribution in [2.24, 2.45) is 5.84 Å². The first-order valence-corrected chi connectivity index (χ1v) is 12.1. The van der Waals surface area contributed by atoms with Gasteiger partial charge in [-0.15, -0.1) is 12.4 Å². The minimum atomic E-state index is -0.170. The number of aromatic amines is 1. The molecule has 5 rings (SSSR count). The number of nitrogen functional groups attached to an aromatic ring is 1. The van der Waals surface area contributed by atoms with Crippen LogP contribution in [0.25, 0.3) is 10.9 Å². The van der Waals surface area contributed by atoms with Gasteiger partial charge in [-0.05, 0) is 73.7 Å². The van der Waals surface area contributed by atoms with Crippen LogP contribution in [0, 0.1) is 0 Å². The average molecular weight is 600 g/mol. The normalized spacial score (nSPS) is 14.8. The van der Waals surface area contributed by atoms with Crippen molar-refractivity contribution in [3.8, 4) is 0 Å². The molecule has 0 saturated heterocycles. The summed E-state index contributed by atoms with van der Waals surface area (Å²) in [6.45, 7) is 0. The third kappa shape index (κ3) is 7.50. The summed E-state index contributed by atoms with van der Waals surface area (Å²) in [5, 5.41) is 1.19. The topological polar surface area (TPSA) is 105 Å². The van der Waals surface area contributed by atoms with E-state index in [1.807, 2.05) is 36.4 Å². The van der Waals surface area contributed by atoms with Gasteiger partial charge in [0.1, 0.15) is 0 Å². The Labute approximate surface area is 215 Å². The molecule has 2 aliphatic carbocycles. The fraction of sp³-hybridized carbons (Fsp3) is 0.292. The van der Waals surface area contributed by atoms with Crippen LogP contribution >= 0.6 is 44.3 Å². The van der Waals surface area contributed by atoms with Crippen LogP contribution in [0.5, 0.6) is 0 Å². The van der Waals surface area contributed by atoms with E-state index >= 15 is 0 Å². The SMILES string of the molecule is Cl.NNc1ccc(Br)cc1.O=C1CCCCC1=O.O=C1CCCc2c1[nH]c1ccc(Br)cc21. The van der Waals surface area contributed by atoms with E-state index in [2.05, 4.69) is 48.3 Å². The van der Waals surface area contributed by atoms with Crippen LogP contribution < -0.4 is 11.3 Å². The first-order valence-electron chi connectivity index (χ1n) is 10.5. The zero-order chi connectivity index (χ0) is 23.1. The lowest BCUT2D eigenvalue weighted by Crippen LogP contribution is -2.17. The van der Waals surface area contributed by atoms with Gasteiger partial charge in [0.15, 0.2) is 17.3 Å². The minimum Gasteiger partial charge on any atom is -0.352 e. The molecule has 3 aromatic rings. The lowest BCUT2D eigenvalue weighted by Gasteiger charge is -2.09. The van der Waals surface area contributed by atoms with Crippen LogP contribution in [-0.2, 0) is 16.0 Å². The number of H-pyrrole nitrogens is 1. The second kappa shape index (κ2) is 13.0. The zero-order valence-electron chi connectivity index (χ0n) is 18.0. The van der Waals surface area contributed by atoms with Crippen LogP contribution in [0.1, 0.15) is 54.6 Å². The summed E-state index contributed by atoms with van der Waals surface area (Å²) in [5.41, 5.74) is 6.54. The van der Waals surface area contributed by atoms with Crippen molar-refractivity contribution in [1.29, 1.82) is 0 Å². The number of Topliss-reactive ketones (excluding diaryl/α,β-unsaturated/α-hetero) is 3. The van der Waals surface area contributed by atoms with Gasteiger partial charge in [-0.25, -0.2) is 0 Å². The average Bonchev–Trinajstić information content (AvgIpc) is 3.17. The Morgan fingerprint density at radius 3 is 1.91 bits per heavy atom. The first-order chi connectivity index (χ1) is 15.4. The predicted molar refractivity (Wildman–Crippen MR) is 141 cm³/mol. The Bertz CT molecular complexity index is 1110. The van der Waals surface area contributed by atoms with Crippen LogP contribution in [0.2, 0.25) is 0 Å². The summed E-state index contributed by atoms with van der Waals surface area (Å²) in [4.78, 5) is 35.8. The third-order valence-electron chi connectivity index (χ3n) is 5.36. The number of aromatic nitrogens is 1. The zero-order valence-corrected chi connectivity index (χ0v) is 21.9. The molecule has 0 spiro atoms. The van der Waals surface area contributed by atoms with Gasteiger partial charge in [-0.1, -0.05) is 31.9 Å². The maximum Gasteiger partial charge on any atom is 0.198 e. The van der Waals surface area contributed by atoms with Crippen LogP contribution in [0.3, 0.4) is 0 Å². The molecule has 0 atom stereocenters. The van der Waals surface area contributed by atoms with Crippen molar-refractivity contribution in [3.63, 3.8) is 0 Å². The van der Waals surface area contributed by atoms with E-state index in [1.165, 1.54) is 10.9 Å². The van der Waals surface area contributed by atoms with Crippen LogP contribution in [0.15, 0.2) is 51.4 Å². The minimum absolute atomic E-state index is 0. The summed E-state index contributed by atoms with van der Waals surface area (Å²) >= 11 is 6.77. The molecule has 1 fully saturated rings. The van der Waals surface area contributed by atoms with Crippen molar-refractivity contribution in [2.45, 2.75) is 44.9 Å². The molecule has 1 aromatic heterocycles. The smallest absolute Gasteiger partial charge is 0.198 e. The van der Waals surface area contributed by atoms with E-state index in [0.29, 0.717) is 19.3 Å². The molecule has 0 bridgehead atoms. The van der Waals surface area contributed by atoms with Crippen molar-refractivity contribution in [3.05, 3.63) is 62.7 Å². The monoisotopic (exact) mass is 597 g/mol. The van der Waals surface area contributed by atoms with Gasteiger partial charge < -0.3 is 10.4 Å². The molecule has 0 unspecified atom stereocenters. The number of halogens is 3. The summed E-state index contributed by atoms with van der Waals surface area (Å²) in [6, 6.07) is 13.7. The first kappa shape index (κ1) is 27.2. The standard InChI is InChI=1S/C12H10BrNO.C6H7BrN2.C6H8O2.ClH/c13-7-4-5-10-9(6-7)8-2-1-3-11(15)12(8)14-10;7-5-1-3-6(9-8)4-2-5;7-5-3-1-2-4-6(5)8;/h4-6,14H,1-3H2;1-4,9H,8H2;1-4H2;1H. The second-order valence-corrected chi connectivity index (χ2v) is 9.48. The van der Waals surface area contributed by atoms with Gasteiger partial charge in [-0.2, -0.15) is 0 Å². The number of carbonyl (C=O) groups excluding carboxylic acids is 3. The Balaban J connectivity index is 0.000000186. The molecule has 0 amide bonds. The molecule has 2 aromatic carbocycles. The number of carbonyl (C=O) groups is 3. The van der Waals surface area contributed by atoms with Gasteiger partial charge in [0.2, 0.25) is 0 Å². The number of aryl methyl sites for hydroxylation is 1. The number of rotatable bonds is 1. The highest BCUT2D eigenvalue weighted by molar-refractivity contribution is 9.10. The van der Waals surface area contributed by atoms with E-state index in [1.54, 1.807) is 0 Å². The highest BCUT2D eigenvalue weighted by Gasteiger charge is 2.21. The highest BCUT2D eigenvalue weighted by atomic mass is 79.9. The van der Waals surface area contributed by atoms with Gasteiger partial charge in [-0.3, -0.25) is 20.2 Å². The van der Waals surface area contributed by atoms with E-state index < -0.39 is 0 Å². The number of ketones is 3. The van der Waals surface area contributed by atoms with Crippen molar-refractivity contribution in [1.82, 2.24) is 4.98 Å². The van der Waals surface area contributed by atoms with E-state index in [-0.39, 0.29) is 29.8 Å². The van der Waals surface area contributed by atoms with Crippen LogP contribution in [-0.4, -0.2) is 22.3 Å². The molecule has 2 aliphatic rings. The number of hydrogen-bond donors (Lipinski definition) is 3. The third-order valence-corrected chi connectivity index (χ3v) is 6.38. The fourth-order valence-corrected chi connectivity index (χ4v) is 4.29. The molecule has 4 N–H and O–H groups in total. The number of nitrogens with one attached hydrogen (secondary N) is 2. The number of anilines is 1. The van der Waals surface area contributed by atoms with Crippen LogP contribution in [0.4, 0.5) is 5.69 Å². The molecule has 6 nitrogen and oxygen atoms in total. The quantitative estimate of drug-likeness (QED) is 0.173. The summed E-state index contributed by atoms with van der Waals surface area (Å²) in [5.74, 6) is 5.05. The van der Waals surface area contributed by atoms with Gasteiger partial charge >= 0.3 is 0 Å². The highest BCUT2D eigenvalue weighted by Crippen LogP contribution is 2.30. The van der Waals surface area contributed by atoms with Crippen molar-refractivity contribution < 1.29 is 14.4 Å². The Kier molecular flexibility index (Phi) is 10.8. The largest absolute Gasteiger partial charge is 0.352 e. The summed E-state index contributed by atoms with van der Waals surface area (Å²) in [6.07, 6.45) is 5.45. The van der Waals surface area contributed by atoms with E-state index in [4.69, 9.17) is 5.84 Å². The Morgan fingerprint density at radius 1 is 0.758 bits per heavy atom. The van der Waals surface area contributed by atoms with Gasteiger partial charge in [0.05, 0.1) is 5.69 Å². The lowest BCUT2D eigenvalue weighted by atomic mass is 9.95. The number of fused-ring (bicyclic) bond motifs is 3. The maximum atomic E-state index is 11.7. The molecule has 0 aliphatic heterocycles. The summed E-state index contributed by atoms with van der Waals surface area (Å²) in [7, 11) is 0.